The molecule has 0 aromatic heterocycles. The standard InChI is InChI=1S/C19H18N2/c20-15-19(17-11-7-8-12-17,16-9-3-1-4-10-16)21-18-13-5-2-6-14-18/h1-7,9-11,13-14,17,21H,8,12H2. The van der Waals surface area contributed by atoms with Gasteiger partial charge in [0.25, 0.3) is 0 Å². The Kier molecular flexibility index (Phi) is 3.75. The molecular weight excluding hydrogens is 256 g/mol. The van der Waals surface area contributed by atoms with Gasteiger partial charge in [-0.3, -0.25) is 0 Å². The fraction of sp³-hybridized carbons (Fsp3) is 0.211. The van der Waals surface area contributed by atoms with E-state index in [9.17, 15) is 5.26 Å². The fourth-order valence-electron chi connectivity index (χ4n) is 3.00. The van der Waals surface area contributed by atoms with Crippen LogP contribution in [-0.4, -0.2) is 0 Å². The molecule has 0 heterocycles. The van der Waals surface area contributed by atoms with Gasteiger partial charge >= 0.3 is 0 Å². The number of hydrogen-bond donors (Lipinski definition) is 1. The van der Waals surface area contributed by atoms with Crippen molar-refractivity contribution in [3.63, 3.8) is 0 Å². The first-order valence-electron chi connectivity index (χ1n) is 7.32. The molecule has 2 unspecified atom stereocenters. The summed E-state index contributed by atoms with van der Waals surface area (Å²) in [6, 6.07) is 22.6. The lowest BCUT2D eigenvalue weighted by atomic mass is 9.78. The van der Waals surface area contributed by atoms with Crippen LogP contribution in [0, 0.1) is 17.2 Å². The van der Waals surface area contributed by atoms with Gasteiger partial charge in [0.05, 0.1) is 6.07 Å². The molecular formula is C19H18N2. The summed E-state index contributed by atoms with van der Waals surface area (Å²) in [6.45, 7) is 0. The number of benzene rings is 2. The zero-order valence-electron chi connectivity index (χ0n) is 11.9. The number of rotatable bonds is 4. The van der Waals surface area contributed by atoms with Gasteiger partial charge in [0, 0.05) is 11.6 Å². The van der Waals surface area contributed by atoms with Gasteiger partial charge in [0.2, 0.25) is 0 Å². The molecule has 2 heteroatoms. The second-order valence-electron chi connectivity index (χ2n) is 5.39. The Morgan fingerprint density at radius 2 is 1.67 bits per heavy atom. The number of nitrogens with one attached hydrogen (secondary N) is 1. The molecule has 1 aliphatic rings. The van der Waals surface area contributed by atoms with E-state index in [2.05, 4.69) is 23.5 Å². The summed E-state index contributed by atoms with van der Waals surface area (Å²) < 4.78 is 0. The van der Waals surface area contributed by atoms with E-state index in [4.69, 9.17) is 0 Å². The topological polar surface area (TPSA) is 35.8 Å². The largest absolute Gasteiger partial charge is 0.363 e. The average Bonchev–Trinajstić information content (AvgIpc) is 3.09. The lowest BCUT2D eigenvalue weighted by molar-refractivity contribution is 0.447. The molecule has 2 atom stereocenters. The maximum atomic E-state index is 10.0. The predicted octanol–water partition coefficient (Wildman–Crippen LogP) is 4.48. The van der Waals surface area contributed by atoms with E-state index in [0.717, 1.165) is 24.1 Å². The van der Waals surface area contributed by atoms with E-state index in [-0.39, 0.29) is 5.92 Å². The van der Waals surface area contributed by atoms with Crippen LogP contribution in [0.5, 0.6) is 0 Å². The van der Waals surface area contributed by atoms with Crippen molar-refractivity contribution >= 4 is 5.69 Å². The van der Waals surface area contributed by atoms with Crippen LogP contribution in [-0.2, 0) is 5.54 Å². The van der Waals surface area contributed by atoms with Crippen molar-refractivity contribution in [1.29, 1.82) is 5.26 Å². The maximum absolute atomic E-state index is 10.0. The Labute approximate surface area is 125 Å². The molecule has 3 rings (SSSR count). The molecule has 1 N–H and O–H groups in total. The Morgan fingerprint density at radius 3 is 2.24 bits per heavy atom. The number of hydrogen-bond acceptors (Lipinski definition) is 2. The molecule has 0 bridgehead atoms. The van der Waals surface area contributed by atoms with Crippen molar-refractivity contribution in [3.05, 3.63) is 78.4 Å². The van der Waals surface area contributed by atoms with Crippen LogP contribution in [0.1, 0.15) is 18.4 Å². The van der Waals surface area contributed by atoms with E-state index < -0.39 is 5.54 Å². The van der Waals surface area contributed by atoms with Crippen molar-refractivity contribution in [2.24, 2.45) is 5.92 Å². The van der Waals surface area contributed by atoms with Crippen LogP contribution in [0.4, 0.5) is 5.69 Å². The Hall–Kier alpha value is -2.53. The van der Waals surface area contributed by atoms with Crippen molar-refractivity contribution in [1.82, 2.24) is 0 Å². The third kappa shape index (κ3) is 2.55. The molecule has 1 aliphatic carbocycles. The molecule has 0 amide bonds. The number of nitriles is 1. The molecule has 2 aromatic carbocycles. The minimum atomic E-state index is -0.713. The van der Waals surface area contributed by atoms with E-state index in [1.165, 1.54) is 0 Å². The quantitative estimate of drug-likeness (QED) is 0.834. The highest BCUT2D eigenvalue weighted by atomic mass is 15.0. The van der Waals surface area contributed by atoms with Gasteiger partial charge in [-0.25, -0.2) is 0 Å². The SMILES string of the molecule is N#CC(Nc1ccccc1)(c1ccccc1)C1C=CCC1. The Morgan fingerprint density at radius 1 is 1.00 bits per heavy atom. The Bertz CT molecular complexity index is 655. The van der Waals surface area contributed by atoms with Crippen LogP contribution >= 0.6 is 0 Å². The normalized spacial score (nSPS) is 19.7. The van der Waals surface area contributed by atoms with Gasteiger partial charge in [-0.15, -0.1) is 0 Å². The second kappa shape index (κ2) is 5.85. The highest BCUT2D eigenvalue weighted by Crippen LogP contribution is 2.39. The van der Waals surface area contributed by atoms with E-state index in [1.807, 2.05) is 60.7 Å². The second-order valence-corrected chi connectivity index (χ2v) is 5.39. The highest BCUT2D eigenvalue weighted by molar-refractivity contribution is 5.52. The molecule has 0 saturated heterocycles. The van der Waals surface area contributed by atoms with Crippen molar-refractivity contribution in [3.8, 4) is 6.07 Å². The maximum Gasteiger partial charge on any atom is 0.157 e. The summed E-state index contributed by atoms with van der Waals surface area (Å²) >= 11 is 0. The van der Waals surface area contributed by atoms with Crippen LogP contribution in [0.3, 0.4) is 0 Å². The lowest BCUT2D eigenvalue weighted by Gasteiger charge is -2.34. The van der Waals surface area contributed by atoms with Crippen LogP contribution in [0.2, 0.25) is 0 Å². The van der Waals surface area contributed by atoms with E-state index in [0.29, 0.717) is 0 Å². The first kappa shape index (κ1) is 13.5. The van der Waals surface area contributed by atoms with Crippen molar-refractivity contribution in [2.45, 2.75) is 18.4 Å². The van der Waals surface area contributed by atoms with Gasteiger partial charge in [-0.1, -0.05) is 60.7 Å². The molecule has 0 spiro atoms. The molecule has 0 saturated carbocycles. The van der Waals surface area contributed by atoms with E-state index in [1.54, 1.807) is 0 Å². The monoisotopic (exact) mass is 274 g/mol. The molecule has 21 heavy (non-hydrogen) atoms. The predicted molar refractivity (Wildman–Crippen MR) is 85.7 cm³/mol. The smallest absolute Gasteiger partial charge is 0.157 e. The van der Waals surface area contributed by atoms with Crippen LogP contribution < -0.4 is 5.32 Å². The Balaban J connectivity index is 2.05. The highest BCUT2D eigenvalue weighted by Gasteiger charge is 2.40. The lowest BCUT2D eigenvalue weighted by Crippen LogP contribution is -2.40. The van der Waals surface area contributed by atoms with Gasteiger partial charge < -0.3 is 5.32 Å². The summed E-state index contributed by atoms with van der Waals surface area (Å²) in [5.74, 6) is 0.185. The van der Waals surface area contributed by atoms with Crippen LogP contribution in [0.15, 0.2) is 72.8 Å². The summed E-state index contributed by atoms with van der Waals surface area (Å²) in [5, 5.41) is 13.5. The fourth-order valence-corrected chi connectivity index (χ4v) is 3.00. The molecule has 2 aromatic rings. The third-order valence-electron chi connectivity index (χ3n) is 4.09. The minimum Gasteiger partial charge on any atom is -0.363 e. The number of allylic oxidation sites excluding steroid dienone is 1. The number of para-hydroxylation sites is 1. The molecule has 2 nitrogen and oxygen atoms in total. The van der Waals surface area contributed by atoms with Crippen molar-refractivity contribution in [2.75, 3.05) is 5.32 Å². The zero-order chi connectivity index (χ0) is 14.5. The molecule has 0 radical (unpaired) electrons. The third-order valence-corrected chi connectivity index (χ3v) is 4.09. The minimum absolute atomic E-state index is 0.185. The summed E-state index contributed by atoms with van der Waals surface area (Å²) in [4.78, 5) is 0. The van der Waals surface area contributed by atoms with Gasteiger partial charge in [-0.2, -0.15) is 5.26 Å². The average molecular weight is 274 g/mol. The van der Waals surface area contributed by atoms with Crippen LogP contribution in [0.25, 0.3) is 0 Å². The number of nitrogens with zero attached hydrogens (tertiary/aromatic N) is 1. The first-order chi connectivity index (χ1) is 10.3. The van der Waals surface area contributed by atoms with Gasteiger partial charge in [-0.05, 0) is 30.5 Å². The molecule has 104 valence electrons. The molecule has 0 aliphatic heterocycles. The summed E-state index contributed by atoms with van der Waals surface area (Å²) in [7, 11) is 0. The zero-order valence-corrected chi connectivity index (χ0v) is 11.9. The van der Waals surface area contributed by atoms with Gasteiger partial charge in [0.15, 0.2) is 5.54 Å². The van der Waals surface area contributed by atoms with E-state index >= 15 is 0 Å². The van der Waals surface area contributed by atoms with Gasteiger partial charge in [0.1, 0.15) is 0 Å². The summed E-state index contributed by atoms with van der Waals surface area (Å²) in [5.41, 5.74) is 1.28. The summed E-state index contributed by atoms with van der Waals surface area (Å²) in [6.07, 6.45) is 6.39. The first-order valence-corrected chi connectivity index (χ1v) is 7.32. The molecule has 0 fully saturated rings. The number of anilines is 1. The van der Waals surface area contributed by atoms with Crippen molar-refractivity contribution < 1.29 is 0 Å².